The molecule has 0 aliphatic rings. The summed E-state index contributed by atoms with van der Waals surface area (Å²) in [4.78, 5) is 15.3. The molecule has 3 nitrogen and oxygen atoms in total. The highest BCUT2D eigenvalue weighted by Crippen LogP contribution is 2.24. The fourth-order valence-corrected chi connectivity index (χ4v) is 3.12. The molecular formula is C20H15ClN2O. The quantitative estimate of drug-likeness (QED) is 0.579. The van der Waals surface area contributed by atoms with E-state index in [1.807, 2.05) is 60.7 Å². The van der Waals surface area contributed by atoms with E-state index in [4.69, 9.17) is 11.6 Å². The monoisotopic (exact) mass is 334 g/mol. The maximum atomic E-state index is 12.4. The first-order valence-corrected chi connectivity index (χ1v) is 8.11. The number of halogens is 1. The van der Waals surface area contributed by atoms with Gasteiger partial charge in [-0.3, -0.25) is 4.57 Å². The van der Waals surface area contributed by atoms with Crippen LogP contribution in [-0.2, 0) is 6.54 Å². The molecule has 0 spiro atoms. The first kappa shape index (κ1) is 14.8. The number of nitrogens with one attached hydrogen (secondary N) is 1. The predicted molar refractivity (Wildman–Crippen MR) is 98.5 cm³/mol. The molecule has 3 aromatic carbocycles. The lowest BCUT2D eigenvalue weighted by atomic mass is 10.1. The lowest BCUT2D eigenvalue weighted by molar-refractivity contribution is 0.787. The van der Waals surface area contributed by atoms with Gasteiger partial charge in [0.15, 0.2) is 0 Å². The third kappa shape index (κ3) is 2.63. The van der Waals surface area contributed by atoms with Gasteiger partial charge in [-0.1, -0.05) is 66.2 Å². The Labute approximate surface area is 144 Å². The summed E-state index contributed by atoms with van der Waals surface area (Å²) in [6.07, 6.45) is 0. The van der Waals surface area contributed by atoms with Gasteiger partial charge in [-0.25, -0.2) is 4.79 Å². The van der Waals surface area contributed by atoms with Gasteiger partial charge in [0, 0.05) is 5.02 Å². The first-order chi connectivity index (χ1) is 11.7. The number of aromatic amines is 1. The van der Waals surface area contributed by atoms with Crippen LogP contribution in [0.25, 0.3) is 22.2 Å². The Balaban J connectivity index is 1.80. The number of benzene rings is 3. The summed E-state index contributed by atoms with van der Waals surface area (Å²) in [6.45, 7) is 0.448. The lowest BCUT2D eigenvalue weighted by Gasteiger charge is -2.06. The van der Waals surface area contributed by atoms with Crippen LogP contribution in [-0.4, -0.2) is 9.55 Å². The molecule has 0 aliphatic heterocycles. The van der Waals surface area contributed by atoms with Gasteiger partial charge in [0.1, 0.15) is 0 Å². The second kappa shape index (κ2) is 6.02. The van der Waals surface area contributed by atoms with Gasteiger partial charge < -0.3 is 4.98 Å². The topological polar surface area (TPSA) is 37.8 Å². The summed E-state index contributed by atoms with van der Waals surface area (Å²) in [5.74, 6) is 0. The Morgan fingerprint density at radius 3 is 2.42 bits per heavy atom. The van der Waals surface area contributed by atoms with Gasteiger partial charge in [0.25, 0.3) is 0 Å². The van der Waals surface area contributed by atoms with Crippen LogP contribution in [0.5, 0.6) is 0 Å². The molecule has 0 atom stereocenters. The molecule has 1 aromatic heterocycles. The largest absolute Gasteiger partial charge is 0.326 e. The smallest absolute Gasteiger partial charge is 0.306 e. The number of rotatable bonds is 3. The van der Waals surface area contributed by atoms with Crippen LogP contribution in [0.15, 0.2) is 77.6 Å². The van der Waals surface area contributed by atoms with E-state index in [-0.39, 0.29) is 5.69 Å². The van der Waals surface area contributed by atoms with Crippen molar-refractivity contribution >= 4 is 22.6 Å². The van der Waals surface area contributed by atoms with E-state index < -0.39 is 0 Å². The summed E-state index contributed by atoms with van der Waals surface area (Å²) in [7, 11) is 0. The Kier molecular flexibility index (Phi) is 3.71. The molecule has 0 saturated heterocycles. The molecule has 0 fully saturated rings. The zero-order valence-corrected chi connectivity index (χ0v) is 13.6. The minimum absolute atomic E-state index is 0.130. The molecular weight excluding hydrogens is 320 g/mol. The molecule has 0 bridgehead atoms. The minimum Gasteiger partial charge on any atom is -0.306 e. The van der Waals surface area contributed by atoms with Gasteiger partial charge in [-0.05, 0) is 34.9 Å². The van der Waals surface area contributed by atoms with Crippen LogP contribution in [0, 0.1) is 0 Å². The number of imidazole rings is 1. The van der Waals surface area contributed by atoms with Gasteiger partial charge >= 0.3 is 5.69 Å². The van der Waals surface area contributed by atoms with E-state index >= 15 is 0 Å². The first-order valence-electron chi connectivity index (χ1n) is 7.74. The Hall–Kier alpha value is -2.78. The molecule has 1 N–H and O–H groups in total. The van der Waals surface area contributed by atoms with Crippen LogP contribution >= 0.6 is 11.6 Å². The second-order valence-electron chi connectivity index (χ2n) is 5.71. The van der Waals surface area contributed by atoms with Crippen molar-refractivity contribution in [2.24, 2.45) is 0 Å². The molecule has 4 aromatic rings. The molecule has 24 heavy (non-hydrogen) atoms. The summed E-state index contributed by atoms with van der Waals surface area (Å²) >= 11 is 6.22. The molecule has 0 unspecified atom stereocenters. The van der Waals surface area contributed by atoms with Gasteiger partial charge in [-0.2, -0.15) is 0 Å². The molecule has 118 valence electrons. The van der Waals surface area contributed by atoms with E-state index in [0.29, 0.717) is 11.6 Å². The summed E-state index contributed by atoms with van der Waals surface area (Å²) < 4.78 is 1.71. The molecule has 0 aliphatic carbocycles. The van der Waals surface area contributed by atoms with Crippen molar-refractivity contribution in [3.05, 3.63) is 93.9 Å². The van der Waals surface area contributed by atoms with Crippen molar-refractivity contribution in [1.82, 2.24) is 9.55 Å². The highest BCUT2D eigenvalue weighted by Gasteiger charge is 2.10. The maximum absolute atomic E-state index is 12.4. The average molecular weight is 335 g/mol. The van der Waals surface area contributed by atoms with E-state index in [1.165, 1.54) is 0 Å². The summed E-state index contributed by atoms with van der Waals surface area (Å²) in [5, 5.41) is 0.666. The Morgan fingerprint density at radius 2 is 1.62 bits per heavy atom. The zero-order valence-electron chi connectivity index (χ0n) is 12.9. The number of hydrogen-bond acceptors (Lipinski definition) is 1. The number of nitrogens with zero attached hydrogens (tertiary/aromatic N) is 1. The Morgan fingerprint density at radius 1 is 0.875 bits per heavy atom. The van der Waals surface area contributed by atoms with Crippen LogP contribution in [0.4, 0.5) is 0 Å². The van der Waals surface area contributed by atoms with Gasteiger partial charge in [0.2, 0.25) is 0 Å². The molecule has 4 heteroatoms. The maximum Gasteiger partial charge on any atom is 0.326 e. The van der Waals surface area contributed by atoms with Crippen molar-refractivity contribution in [3.63, 3.8) is 0 Å². The van der Waals surface area contributed by atoms with E-state index in [0.717, 1.165) is 27.7 Å². The van der Waals surface area contributed by atoms with E-state index in [1.54, 1.807) is 4.57 Å². The molecule has 0 saturated carbocycles. The van der Waals surface area contributed by atoms with Crippen LogP contribution in [0.3, 0.4) is 0 Å². The highest BCUT2D eigenvalue weighted by molar-refractivity contribution is 6.31. The number of fused-ring (bicyclic) bond motifs is 1. The number of hydrogen-bond donors (Lipinski definition) is 1. The molecule has 1 heterocycles. The van der Waals surface area contributed by atoms with Crippen molar-refractivity contribution in [3.8, 4) is 11.1 Å². The lowest BCUT2D eigenvalue weighted by Crippen LogP contribution is -2.17. The molecule has 4 rings (SSSR count). The zero-order chi connectivity index (χ0) is 16.5. The van der Waals surface area contributed by atoms with Crippen LogP contribution in [0.1, 0.15) is 5.56 Å². The second-order valence-corrected chi connectivity index (χ2v) is 6.11. The number of H-pyrrole nitrogens is 1. The SMILES string of the molecule is O=c1[nH]c2cc(-c3ccccc3)ccc2n1Cc1ccccc1Cl. The van der Waals surface area contributed by atoms with Crippen molar-refractivity contribution < 1.29 is 0 Å². The van der Waals surface area contributed by atoms with E-state index in [2.05, 4.69) is 17.1 Å². The van der Waals surface area contributed by atoms with Gasteiger partial charge in [0.05, 0.1) is 17.6 Å². The fourth-order valence-electron chi connectivity index (χ4n) is 2.93. The molecule has 0 amide bonds. The third-order valence-corrected chi connectivity index (χ3v) is 4.54. The van der Waals surface area contributed by atoms with Crippen molar-refractivity contribution in [2.75, 3.05) is 0 Å². The predicted octanol–water partition coefficient (Wildman–Crippen LogP) is 4.70. The Bertz CT molecular complexity index is 1060. The van der Waals surface area contributed by atoms with E-state index in [9.17, 15) is 4.79 Å². The van der Waals surface area contributed by atoms with Crippen molar-refractivity contribution in [2.45, 2.75) is 6.54 Å². The average Bonchev–Trinajstić information content (AvgIpc) is 2.92. The summed E-state index contributed by atoms with van der Waals surface area (Å²) in [5.41, 5.74) is 4.70. The third-order valence-electron chi connectivity index (χ3n) is 4.17. The summed E-state index contributed by atoms with van der Waals surface area (Å²) in [6, 6.07) is 23.7. The van der Waals surface area contributed by atoms with Gasteiger partial charge in [-0.15, -0.1) is 0 Å². The highest BCUT2D eigenvalue weighted by atomic mass is 35.5. The minimum atomic E-state index is -0.130. The standard InChI is InChI=1S/C20H15ClN2O/c21-17-9-5-4-8-16(17)13-23-19-11-10-15(12-18(19)22-20(23)24)14-6-2-1-3-7-14/h1-12H,13H2,(H,22,24). The normalized spacial score (nSPS) is 11.0. The van der Waals surface area contributed by atoms with Crippen LogP contribution in [0.2, 0.25) is 5.02 Å². The number of aromatic nitrogens is 2. The fraction of sp³-hybridized carbons (Fsp3) is 0.0500. The van der Waals surface area contributed by atoms with Crippen LogP contribution < -0.4 is 5.69 Å². The van der Waals surface area contributed by atoms with Crippen molar-refractivity contribution in [1.29, 1.82) is 0 Å². The molecule has 0 radical (unpaired) electrons.